The average molecular weight is 381 g/mol. The number of carbonyl (C=O) groups is 1. The fourth-order valence-electron chi connectivity index (χ4n) is 2.64. The Balaban J connectivity index is 1.34. The van der Waals surface area contributed by atoms with Crippen LogP contribution in [0.5, 0.6) is 0 Å². The predicted octanol–water partition coefficient (Wildman–Crippen LogP) is 3.25. The van der Waals surface area contributed by atoms with E-state index < -0.39 is 11.7 Å². The smallest absolute Gasteiger partial charge is 0.419 e. The molecule has 0 N–H and O–H groups in total. The van der Waals surface area contributed by atoms with E-state index in [0.717, 1.165) is 10.7 Å². The van der Waals surface area contributed by atoms with Crippen molar-refractivity contribution in [2.75, 3.05) is 0 Å². The molecule has 0 bridgehead atoms. The molecule has 136 valence electrons. The number of thiazole rings is 1. The van der Waals surface area contributed by atoms with Crippen molar-refractivity contribution in [3.63, 3.8) is 0 Å². The number of hydrogen-bond acceptors (Lipinski definition) is 7. The maximum Gasteiger partial charge on any atom is 0.419 e. The first-order valence-electron chi connectivity index (χ1n) is 8.30. The summed E-state index contributed by atoms with van der Waals surface area (Å²) in [5.41, 5.74) is 2.61. The van der Waals surface area contributed by atoms with E-state index in [1.54, 1.807) is 24.4 Å². The predicted molar refractivity (Wildman–Crippen MR) is 100 cm³/mol. The van der Waals surface area contributed by atoms with E-state index in [-0.39, 0.29) is 19.6 Å². The van der Waals surface area contributed by atoms with Gasteiger partial charge in [0.2, 0.25) is 0 Å². The van der Waals surface area contributed by atoms with Crippen LogP contribution in [0.3, 0.4) is 0 Å². The normalized spacial score (nSPS) is 11.0. The Bertz CT molecular complexity index is 1130. The minimum atomic E-state index is -0.483. The standard InChI is InChI=1S/C19H15N3O4S/c23-17(8-10-22-15-6-1-2-7-16(15)26-19(22)24)25-11-13-12-27-18(21-13)14-5-3-4-9-20-14/h1-7,9,12H,8,10-11H2. The number of para-hydroxylation sites is 2. The lowest BCUT2D eigenvalue weighted by Gasteiger charge is -2.04. The van der Waals surface area contributed by atoms with Crippen LogP contribution in [-0.4, -0.2) is 20.5 Å². The van der Waals surface area contributed by atoms with Crippen molar-refractivity contribution in [2.45, 2.75) is 19.6 Å². The molecule has 1 aromatic carbocycles. The van der Waals surface area contributed by atoms with Gasteiger partial charge < -0.3 is 9.15 Å². The lowest BCUT2D eigenvalue weighted by molar-refractivity contribution is -0.145. The molecule has 0 saturated heterocycles. The van der Waals surface area contributed by atoms with Gasteiger partial charge in [0, 0.05) is 18.1 Å². The summed E-state index contributed by atoms with van der Waals surface area (Å²) in [7, 11) is 0. The molecule has 0 aliphatic rings. The van der Waals surface area contributed by atoms with Crippen LogP contribution in [0.25, 0.3) is 21.8 Å². The summed E-state index contributed by atoms with van der Waals surface area (Å²) in [6.07, 6.45) is 1.78. The van der Waals surface area contributed by atoms with Gasteiger partial charge in [-0.25, -0.2) is 9.78 Å². The second-order valence-corrected chi connectivity index (χ2v) is 6.62. The number of fused-ring (bicyclic) bond motifs is 1. The third kappa shape index (κ3) is 3.80. The van der Waals surface area contributed by atoms with Gasteiger partial charge in [-0.05, 0) is 24.3 Å². The van der Waals surface area contributed by atoms with Crippen LogP contribution in [0, 0.1) is 0 Å². The minimum Gasteiger partial charge on any atom is -0.459 e. The summed E-state index contributed by atoms with van der Waals surface area (Å²) in [5.74, 6) is -0.886. The first kappa shape index (κ1) is 17.2. The molecule has 8 heteroatoms. The molecule has 0 spiro atoms. The molecule has 0 atom stereocenters. The Hall–Kier alpha value is -3.26. The van der Waals surface area contributed by atoms with Crippen LogP contribution in [-0.2, 0) is 22.7 Å². The van der Waals surface area contributed by atoms with E-state index in [0.29, 0.717) is 16.8 Å². The molecule has 0 amide bonds. The van der Waals surface area contributed by atoms with E-state index >= 15 is 0 Å². The van der Waals surface area contributed by atoms with Crippen LogP contribution in [0.15, 0.2) is 63.3 Å². The van der Waals surface area contributed by atoms with Crippen molar-refractivity contribution >= 4 is 28.4 Å². The van der Waals surface area contributed by atoms with Gasteiger partial charge in [-0.15, -0.1) is 11.3 Å². The highest BCUT2D eigenvalue weighted by atomic mass is 32.1. The maximum absolute atomic E-state index is 12.0. The molecule has 3 heterocycles. The highest BCUT2D eigenvalue weighted by Gasteiger charge is 2.12. The fraction of sp³-hybridized carbons (Fsp3) is 0.158. The van der Waals surface area contributed by atoms with Gasteiger partial charge in [0.1, 0.15) is 11.6 Å². The van der Waals surface area contributed by atoms with Crippen molar-refractivity contribution in [3.05, 3.63) is 70.3 Å². The van der Waals surface area contributed by atoms with Gasteiger partial charge >= 0.3 is 11.7 Å². The van der Waals surface area contributed by atoms with E-state index in [2.05, 4.69) is 9.97 Å². The Labute approximate surface area is 157 Å². The molecule has 3 aromatic heterocycles. The number of pyridine rings is 1. The molecule has 0 radical (unpaired) electrons. The molecule has 4 rings (SSSR count). The molecule has 0 aliphatic heterocycles. The van der Waals surface area contributed by atoms with E-state index in [4.69, 9.17) is 9.15 Å². The summed E-state index contributed by atoms with van der Waals surface area (Å²) in [6.45, 7) is 0.286. The second-order valence-electron chi connectivity index (χ2n) is 5.76. The summed E-state index contributed by atoms with van der Waals surface area (Å²) >= 11 is 1.45. The minimum absolute atomic E-state index is 0.0701. The Kier molecular flexibility index (Phi) is 4.80. The third-order valence-corrected chi connectivity index (χ3v) is 4.84. The van der Waals surface area contributed by atoms with Crippen LogP contribution >= 0.6 is 11.3 Å². The average Bonchev–Trinajstić information content (AvgIpc) is 3.29. The molecule has 0 unspecified atom stereocenters. The lowest BCUT2D eigenvalue weighted by atomic mass is 10.3. The molecule has 27 heavy (non-hydrogen) atoms. The lowest BCUT2D eigenvalue weighted by Crippen LogP contribution is -2.17. The number of esters is 1. The van der Waals surface area contributed by atoms with Crippen molar-refractivity contribution < 1.29 is 13.9 Å². The van der Waals surface area contributed by atoms with E-state index in [9.17, 15) is 9.59 Å². The van der Waals surface area contributed by atoms with Crippen LogP contribution < -0.4 is 5.76 Å². The van der Waals surface area contributed by atoms with Crippen molar-refractivity contribution in [3.8, 4) is 10.7 Å². The zero-order chi connectivity index (χ0) is 18.6. The van der Waals surface area contributed by atoms with Gasteiger partial charge in [0.25, 0.3) is 0 Å². The van der Waals surface area contributed by atoms with Gasteiger partial charge in [0.15, 0.2) is 5.58 Å². The second kappa shape index (κ2) is 7.55. The molecular weight excluding hydrogens is 366 g/mol. The number of hydrogen-bond donors (Lipinski definition) is 0. The molecule has 0 saturated carbocycles. The zero-order valence-electron chi connectivity index (χ0n) is 14.2. The number of ether oxygens (including phenoxy) is 1. The highest BCUT2D eigenvalue weighted by molar-refractivity contribution is 7.13. The monoisotopic (exact) mass is 381 g/mol. The van der Waals surface area contributed by atoms with Gasteiger partial charge in [-0.3, -0.25) is 14.3 Å². The van der Waals surface area contributed by atoms with Crippen LogP contribution in [0.1, 0.15) is 12.1 Å². The van der Waals surface area contributed by atoms with Crippen LogP contribution in [0.2, 0.25) is 0 Å². The number of aryl methyl sites for hydroxylation is 1. The van der Waals surface area contributed by atoms with Gasteiger partial charge in [0.05, 0.1) is 23.3 Å². The summed E-state index contributed by atoms with van der Waals surface area (Å²) in [4.78, 5) is 32.6. The molecule has 0 aliphatic carbocycles. The third-order valence-electron chi connectivity index (χ3n) is 3.93. The Morgan fingerprint density at radius 3 is 2.89 bits per heavy atom. The van der Waals surface area contributed by atoms with Crippen molar-refractivity contribution in [1.82, 2.24) is 14.5 Å². The number of nitrogens with zero attached hydrogens (tertiary/aromatic N) is 3. The Morgan fingerprint density at radius 2 is 2.04 bits per heavy atom. The highest BCUT2D eigenvalue weighted by Crippen LogP contribution is 2.21. The summed E-state index contributed by atoms with van der Waals surface area (Å²) in [5, 5.41) is 2.61. The molecular formula is C19H15N3O4S. The molecule has 4 aromatic rings. The van der Waals surface area contributed by atoms with Crippen LogP contribution in [0.4, 0.5) is 0 Å². The SMILES string of the molecule is O=C(CCn1c(=O)oc2ccccc21)OCc1csc(-c2ccccn2)n1. The molecule has 7 nitrogen and oxygen atoms in total. The van der Waals surface area contributed by atoms with Gasteiger partial charge in [-0.1, -0.05) is 18.2 Å². The van der Waals surface area contributed by atoms with Gasteiger partial charge in [-0.2, -0.15) is 0 Å². The quantitative estimate of drug-likeness (QED) is 0.477. The summed E-state index contributed by atoms with van der Waals surface area (Å²) < 4.78 is 11.8. The first-order valence-corrected chi connectivity index (χ1v) is 9.18. The van der Waals surface area contributed by atoms with E-state index in [1.807, 2.05) is 29.6 Å². The van der Waals surface area contributed by atoms with Crippen molar-refractivity contribution in [2.24, 2.45) is 0 Å². The van der Waals surface area contributed by atoms with E-state index in [1.165, 1.54) is 15.9 Å². The largest absolute Gasteiger partial charge is 0.459 e. The number of benzene rings is 1. The Morgan fingerprint density at radius 1 is 1.19 bits per heavy atom. The zero-order valence-corrected chi connectivity index (χ0v) is 15.0. The molecule has 0 fully saturated rings. The first-order chi connectivity index (χ1) is 13.2. The number of rotatable bonds is 6. The maximum atomic E-state index is 12.0. The fourth-order valence-corrected chi connectivity index (χ4v) is 3.42. The van der Waals surface area contributed by atoms with Crippen molar-refractivity contribution in [1.29, 1.82) is 0 Å². The number of aromatic nitrogens is 3. The topological polar surface area (TPSA) is 87.2 Å². The number of oxazole rings is 1. The number of carbonyl (C=O) groups excluding carboxylic acids is 1. The summed E-state index contributed by atoms with van der Waals surface area (Å²) in [6, 6.07) is 12.7.